The van der Waals surface area contributed by atoms with Crippen molar-refractivity contribution in [1.29, 1.82) is 0 Å². The van der Waals surface area contributed by atoms with Gasteiger partial charge in [0.05, 0.1) is 12.0 Å². The standard InChI is InChI=1S/C15H24N2O3S/c1-20-14-6-8-15(9-7-14)21(18,19)16-10-5-13-17-11-3-2-4-12-17/h6-9,16H,2-5,10-13H2,1H3. The predicted octanol–water partition coefficient (Wildman–Crippen LogP) is 1.85. The van der Waals surface area contributed by atoms with Crippen LogP contribution in [-0.4, -0.2) is 46.6 Å². The molecule has 1 N–H and O–H groups in total. The van der Waals surface area contributed by atoms with Crippen molar-refractivity contribution < 1.29 is 13.2 Å². The predicted molar refractivity (Wildman–Crippen MR) is 83.1 cm³/mol. The Kier molecular flexibility index (Phi) is 6.02. The van der Waals surface area contributed by atoms with Gasteiger partial charge in [-0.3, -0.25) is 0 Å². The van der Waals surface area contributed by atoms with Crippen molar-refractivity contribution in [3.05, 3.63) is 24.3 Å². The van der Waals surface area contributed by atoms with Crippen LogP contribution in [0.2, 0.25) is 0 Å². The molecule has 0 atom stereocenters. The highest BCUT2D eigenvalue weighted by molar-refractivity contribution is 7.89. The molecule has 1 aromatic rings. The maximum atomic E-state index is 12.1. The van der Waals surface area contributed by atoms with Crippen LogP contribution in [0, 0.1) is 0 Å². The Labute approximate surface area is 127 Å². The molecule has 6 heteroatoms. The summed E-state index contributed by atoms with van der Waals surface area (Å²) in [7, 11) is -1.85. The quantitative estimate of drug-likeness (QED) is 0.781. The maximum absolute atomic E-state index is 12.1. The van der Waals surface area contributed by atoms with Gasteiger partial charge in [-0.2, -0.15) is 0 Å². The molecule has 2 rings (SSSR count). The highest BCUT2D eigenvalue weighted by atomic mass is 32.2. The lowest BCUT2D eigenvalue weighted by atomic mass is 10.1. The maximum Gasteiger partial charge on any atom is 0.240 e. The minimum absolute atomic E-state index is 0.279. The van der Waals surface area contributed by atoms with E-state index in [-0.39, 0.29) is 4.90 Å². The molecule has 0 amide bonds. The summed E-state index contributed by atoms with van der Waals surface area (Å²) in [6.07, 6.45) is 4.69. The Hall–Kier alpha value is -1.11. The zero-order valence-corrected chi connectivity index (χ0v) is 13.4. The summed E-state index contributed by atoms with van der Waals surface area (Å²) in [6, 6.07) is 6.43. The molecule has 1 saturated heterocycles. The van der Waals surface area contributed by atoms with Gasteiger partial charge in [0, 0.05) is 6.54 Å². The largest absolute Gasteiger partial charge is 0.497 e. The zero-order chi connectivity index (χ0) is 15.1. The van der Waals surface area contributed by atoms with E-state index in [0.29, 0.717) is 12.3 Å². The van der Waals surface area contributed by atoms with E-state index in [2.05, 4.69) is 9.62 Å². The van der Waals surface area contributed by atoms with Gasteiger partial charge in [-0.05, 0) is 63.2 Å². The molecule has 1 fully saturated rings. The number of piperidine rings is 1. The van der Waals surface area contributed by atoms with Gasteiger partial charge in [0.1, 0.15) is 5.75 Å². The number of nitrogens with zero attached hydrogens (tertiary/aromatic N) is 1. The number of rotatable bonds is 7. The molecular weight excluding hydrogens is 288 g/mol. The molecular formula is C15H24N2O3S. The Morgan fingerprint density at radius 3 is 2.43 bits per heavy atom. The van der Waals surface area contributed by atoms with Gasteiger partial charge in [-0.1, -0.05) is 6.42 Å². The smallest absolute Gasteiger partial charge is 0.240 e. The Balaban J connectivity index is 1.77. The summed E-state index contributed by atoms with van der Waals surface area (Å²) in [6.45, 7) is 3.73. The van der Waals surface area contributed by atoms with Gasteiger partial charge in [-0.25, -0.2) is 13.1 Å². The van der Waals surface area contributed by atoms with Crippen molar-refractivity contribution in [1.82, 2.24) is 9.62 Å². The first-order chi connectivity index (χ1) is 10.1. The van der Waals surface area contributed by atoms with Crippen molar-refractivity contribution in [2.24, 2.45) is 0 Å². The molecule has 0 radical (unpaired) electrons. The first-order valence-electron chi connectivity index (χ1n) is 7.48. The van der Waals surface area contributed by atoms with Crippen molar-refractivity contribution in [3.8, 4) is 5.75 Å². The highest BCUT2D eigenvalue weighted by Gasteiger charge is 2.14. The molecule has 0 spiro atoms. The van der Waals surface area contributed by atoms with Crippen LogP contribution < -0.4 is 9.46 Å². The molecule has 118 valence electrons. The van der Waals surface area contributed by atoms with Gasteiger partial charge >= 0.3 is 0 Å². The molecule has 1 aliphatic heterocycles. The number of hydrogen-bond acceptors (Lipinski definition) is 4. The van der Waals surface area contributed by atoms with Crippen LogP contribution in [0.25, 0.3) is 0 Å². The number of sulfonamides is 1. The summed E-state index contributed by atoms with van der Waals surface area (Å²) in [5.74, 6) is 0.652. The van der Waals surface area contributed by atoms with E-state index in [0.717, 1.165) is 26.1 Å². The minimum Gasteiger partial charge on any atom is -0.497 e. The molecule has 0 saturated carbocycles. The lowest BCUT2D eigenvalue weighted by Crippen LogP contribution is -2.33. The van der Waals surface area contributed by atoms with E-state index in [1.54, 1.807) is 31.4 Å². The van der Waals surface area contributed by atoms with Gasteiger partial charge < -0.3 is 9.64 Å². The molecule has 1 aromatic carbocycles. The SMILES string of the molecule is COc1ccc(S(=O)(=O)NCCCN2CCCCC2)cc1. The second-order valence-electron chi connectivity index (χ2n) is 5.33. The lowest BCUT2D eigenvalue weighted by molar-refractivity contribution is 0.227. The van der Waals surface area contributed by atoms with Crippen molar-refractivity contribution in [2.75, 3.05) is 33.3 Å². The third kappa shape index (κ3) is 4.98. The number of likely N-dealkylation sites (tertiary alicyclic amines) is 1. The summed E-state index contributed by atoms with van der Waals surface area (Å²) in [4.78, 5) is 2.69. The van der Waals surface area contributed by atoms with E-state index in [4.69, 9.17) is 4.74 Å². The fourth-order valence-electron chi connectivity index (χ4n) is 2.53. The van der Waals surface area contributed by atoms with E-state index in [1.807, 2.05) is 0 Å². The summed E-state index contributed by atoms with van der Waals surface area (Å²) in [5.41, 5.74) is 0. The third-order valence-corrected chi connectivity index (χ3v) is 5.24. The topological polar surface area (TPSA) is 58.6 Å². The first-order valence-corrected chi connectivity index (χ1v) is 8.96. The molecule has 0 aromatic heterocycles. The fraction of sp³-hybridized carbons (Fsp3) is 0.600. The summed E-state index contributed by atoms with van der Waals surface area (Å²) >= 11 is 0. The molecule has 0 aliphatic carbocycles. The van der Waals surface area contributed by atoms with Crippen LogP contribution in [-0.2, 0) is 10.0 Å². The minimum atomic E-state index is -3.41. The molecule has 21 heavy (non-hydrogen) atoms. The second kappa shape index (κ2) is 7.77. The van der Waals surface area contributed by atoms with Crippen LogP contribution in [0.3, 0.4) is 0 Å². The molecule has 5 nitrogen and oxygen atoms in total. The number of methoxy groups -OCH3 is 1. The highest BCUT2D eigenvalue weighted by Crippen LogP contribution is 2.15. The number of benzene rings is 1. The number of ether oxygens (including phenoxy) is 1. The van der Waals surface area contributed by atoms with Crippen LogP contribution in [0.1, 0.15) is 25.7 Å². The van der Waals surface area contributed by atoms with E-state index in [9.17, 15) is 8.42 Å². The normalized spacial score (nSPS) is 16.8. The molecule has 0 unspecified atom stereocenters. The average molecular weight is 312 g/mol. The van der Waals surface area contributed by atoms with Crippen molar-refractivity contribution in [3.63, 3.8) is 0 Å². The van der Waals surface area contributed by atoms with E-state index in [1.165, 1.54) is 19.3 Å². The monoisotopic (exact) mass is 312 g/mol. The van der Waals surface area contributed by atoms with Gasteiger partial charge in [0.25, 0.3) is 0 Å². The van der Waals surface area contributed by atoms with Gasteiger partial charge in [-0.15, -0.1) is 0 Å². The Morgan fingerprint density at radius 2 is 1.81 bits per heavy atom. The van der Waals surface area contributed by atoms with Crippen LogP contribution in [0.5, 0.6) is 5.75 Å². The first kappa shape index (κ1) is 16.3. The second-order valence-corrected chi connectivity index (χ2v) is 7.10. The molecule has 0 bridgehead atoms. The number of hydrogen-bond donors (Lipinski definition) is 1. The zero-order valence-electron chi connectivity index (χ0n) is 12.5. The molecule has 1 aliphatic rings. The third-order valence-electron chi connectivity index (χ3n) is 3.76. The van der Waals surface area contributed by atoms with Crippen molar-refractivity contribution in [2.45, 2.75) is 30.6 Å². The van der Waals surface area contributed by atoms with Gasteiger partial charge in [0.15, 0.2) is 0 Å². The van der Waals surface area contributed by atoms with Crippen LogP contribution >= 0.6 is 0 Å². The fourth-order valence-corrected chi connectivity index (χ4v) is 3.60. The van der Waals surface area contributed by atoms with Crippen LogP contribution in [0.4, 0.5) is 0 Å². The van der Waals surface area contributed by atoms with E-state index >= 15 is 0 Å². The number of nitrogens with one attached hydrogen (secondary N) is 1. The van der Waals surface area contributed by atoms with Gasteiger partial charge in [0.2, 0.25) is 10.0 Å². The van der Waals surface area contributed by atoms with Crippen molar-refractivity contribution >= 4 is 10.0 Å². The van der Waals surface area contributed by atoms with Crippen LogP contribution in [0.15, 0.2) is 29.2 Å². The summed E-state index contributed by atoms with van der Waals surface area (Å²) in [5, 5.41) is 0. The average Bonchev–Trinajstić information content (AvgIpc) is 2.53. The summed E-state index contributed by atoms with van der Waals surface area (Å²) < 4.78 is 31.9. The lowest BCUT2D eigenvalue weighted by Gasteiger charge is -2.26. The Bertz CT molecular complexity index is 522. The molecule has 1 heterocycles. The Morgan fingerprint density at radius 1 is 1.14 bits per heavy atom. The van der Waals surface area contributed by atoms with E-state index < -0.39 is 10.0 Å².